The second-order valence-corrected chi connectivity index (χ2v) is 10.4. The summed E-state index contributed by atoms with van der Waals surface area (Å²) in [6.07, 6.45) is 2.52. The first-order chi connectivity index (χ1) is 14.7. The Labute approximate surface area is 191 Å². The van der Waals surface area contributed by atoms with Crippen molar-refractivity contribution in [3.8, 4) is 0 Å². The topological polar surface area (TPSA) is 79.4 Å². The molecule has 1 saturated heterocycles. The summed E-state index contributed by atoms with van der Waals surface area (Å²) >= 11 is 5.93. The molecule has 1 heterocycles. The van der Waals surface area contributed by atoms with E-state index in [9.17, 15) is 13.2 Å². The minimum absolute atomic E-state index is 0.00386. The highest BCUT2D eigenvalue weighted by Crippen LogP contribution is 2.31. The number of carbonyl (C=O) groups is 1. The predicted octanol–water partition coefficient (Wildman–Crippen LogP) is 2.92. The summed E-state index contributed by atoms with van der Waals surface area (Å²) in [5.41, 5.74) is 0. The van der Waals surface area contributed by atoms with Crippen molar-refractivity contribution in [1.29, 1.82) is 0 Å². The molecular formula is C21H34ClN3O5S. The molecule has 1 aromatic carbocycles. The predicted molar refractivity (Wildman–Crippen MR) is 121 cm³/mol. The molecule has 1 aliphatic heterocycles. The standard InChI is InChI=1S/C21H34ClN3O5S/c1-23(2)13-6-14-24(3)21(26)30-16-19-8-5-7-18(15-29-4)25(19)31(27,28)20-11-9-17(22)10-12-20/h9-12,18-19H,5-8,13-16H2,1-4H3/t18-,19+/m1/s1. The maximum Gasteiger partial charge on any atom is 0.409 e. The normalized spacial score (nSPS) is 20.1. The number of ether oxygens (including phenoxy) is 2. The molecule has 1 aliphatic rings. The number of rotatable bonds is 10. The van der Waals surface area contributed by atoms with E-state index in [0.29, 0.717) is 24.4 Å². The van der Waals surface area contributed by atoms with Gasteiger partial charge >= 0.3 is 6.09 Å². The van der Waals surface area contributed by atoms with Gasteiger partial charge in [0.15, 0.2) is 0 Å². The summed E-state index contributed by atoms with van der Waals surface area (Å²) in [7, 11) is 3.40. The number of methoxy groups -OCH3 is 1. The first-order valence-corrected chi connectivity index (χ1v) is 12.3. The summed E-state index contributed by atoms with van der Waals surface area (Å²) < 4.78 is 39.2. The Kier molecular flexibility index (Phi) is 10.0. The number of sulfonamides is 1. The van der Waals surface area contributed by atoms with E-state index in [1.807, 2.05) is 14.1 Å². The quantitative estimate of drug-likeness (QED) is 0.517. The first kappa shape index (κ1) is 25.9. The van der Waals surface area contributed by atoms with E-state index in [1.165, 1.54) is 21.3 Å². The van der Waals surface area contributed by atoms with Gasteiger partial charge in [0.25, 0.3) is 0 Å². The molecular weight excluding hydrogens is 442 g/mol. The molecule has 31 heavy (non-hydrogen) atoms. The molecule has 0 spiro atoms. The average molecular weight is 476 g/mol. The van der Waals surface area contributed by atoms with Crippen molar-refractivity contribution in [1.82, 2.24) is 14.1 Å². The zero-order valence-electron chi connectivity index (χ0n) is 18.8. The van der Waals surface area contributed by atoms with Gasteiger partial charge in [0.05, 0.1) is 17.5 Å². The molecule has 0 unspecified atom stereocenters. The minimum atomic E-state index is -3.81. The van der Waals surface area contributed by atoms with Gasteiger partial charge in [0.2, 0.25) is 10.0 Å². The van der Waals surface area contributed by atoms with Crippen LogP contribution < -0.4 is 0 Å². The highest BCUT2D eigenvalue weighted by atomic mass is 35.5. The van der Waals surface area contributed by atoms with E-state index in [0.717, 1.165) is 19.4 Å². The van der Waals surface area contributed by atoms with Crippen LogP contribution in [0.15, 0.2) is 29.2 Å². The fourth-order valence-corrected chi connectivity index (χ4v) is 5.73. The number of benzene rings is 1. The van der Waals surface area contributed by atoms with Crippen molar-refractivity contribution in [3.63, 3.8) is 0 Å². The third-order valence-corrected chi connectivity index (χ3v) is 7.62. The highest BCUT2D eigenvalue weighted by Gasteiger charge is 2.40. The summed E-state index contributed by atoms with van der Waals surface area (Å²) in [4.78, 5) is 16.2. The molecule has 0 bridgehead atoms. The van der Waals surface area contributed by atoms with Crippen molar-refractivity contribution in [2.24, 2.45) is 0 Å². The summed E-state index contributed by atoms with van der Waals surface area (Å²) in [6, 6.07) is 5.34. The minimum Gasteiger partial charge on any atom is -0.448 e. The lowest BCUT2D eigenvalue weighted by Crippen LogP contribution is -2.53. The van der Waals surface area contributed by atoms with Gasteiger partial charge < -0.3 is 19.3 Å². The molecule has 0 aliphatic carbocycles. The molecule has 0 aromatic heterocycles. The van der Waals surface area contributed by atoms with Crippen molar-refractivity contribution in [3.05, 3.63) is 29.3 Å². The smallest absolute Gasteiger partial charge is 0.409 e. The molecule has 10 heteroatoms. The third kappa shape index (κ3) is 7.32. The Hall–Kier alpha value is -1.39. The number of halogens is 1. The zero-order chi connectivity index (χ0) is 23.0. The number of amides is 1. The number of hydrogen-bond acceptors (Lipinski definition) is 6. The van der Waals surface area contributed by atoms with Gasteiger partial charge in [0.1, 0.15) is 6.61 Å². The van der Waals surface area contributed by atoms with Crippen LogP contribution in [0.5, 0.6) is 0 Å². The lowest BCUT2D eigenvalue weighted by molar-refractivity contribution is 0.0435. The van der Waals surface area contributed by atoms with Crippen LogP contribution in [-0.4, -0.2) is 95.3 Å². The Balaban J connectivity index is 2.12. The largest absolute Gasteiger partial charge is 0.448 e. The Morgan fingerprint density at radius 2 is 1.71 bits per heavy atom. The van der Waals surface area contributed by atoms with Crippen molar-refractivity contribution < 1.29 is 22.7 Å². The number of piperidine rings is 1. The second-order valence-electron chi connectivity index (χ2n) is 8.14. The van der Waals surface area contributed by atoms with E-state index in [2.05, 4.69) is 4.90 Å². The first-order valence-electron chi connectivity index (χ1n) is 10.5. The molecule has 2 rings (SSSR count). The van der Waals surface area contributed by atoms with Crippen LogP contribution in [0, 0.1) is 0 Å². The molecule has 0 radical (unpaired) electrons. The van der Waals surface area contributed by atoms with E-state index in [-0.39, 0.29) is 24.2 Å². The molecule has 2 atom stereocenters. The van der Waals surface area contributed by atoms with Gasteiger partial charge in [-0.3, -0.25) is 0 Å². The lowest BCUT2D eigenvalue weighted by atomic mass is 9.99. The van der Waals surface area contributed by atoms with Crippen LogP contribution in [0.2, 0.25) is 5.02 Å². The van der Waals surface area contributed by atoms with Gasteiger partial charge in [-0.05, 0) is 64.2 Å². The zero-order valence-corrected chi connectivity index (χ0v) is 20.4. The summed E-state index contributed by atoms with van der Waals surface area (Å²) in [5, 5.41) is 0.466. The molecule has 1 fully saturated rings. The Bertz CT molecular complexity index is 802. The van der Waals surface area contributed by atoms with E-state index in [4.69, 9.17) is 21.1 Å². The highest BCUT2D eigenvalue weighted by molar-refractivity contribution is 7.89. The van der Waals surface area contributed by atoms with Crippen molar-refractivity contribution in [2.75, 3.05) is 54.6 Å². The molecule has 176 valence electrons. The molecule has 1 aromatic rings. The maximum absolute atomic E-state index is 13.4. The molecule has 1 amide bonds. The summed E-state index contributed by atoms with van der Waals surface area (Å²) in [6.45, 7) is 1.72. The van der Waals surface area contributed by atoms with E-state index < -0.39 is 22.2 Å². The monoisotopic (exact) mass is 475 g/mol. The van der Waals surface area contributed by atoms with Crippen molar-refractivity contribution in [2.45, 2.75) is 42.7 Å². The van der Waals surface area contributed by atoms with Gasteiger partial charge in [-0.15, -0.1) is 0 Å². The lowest BCUT2D eigenvalue weighted by Gasteiger charge is -2.40. The van der Waals surface area contributed by atoms with Gasteiger partial charge in [-0.1, -0.05) is 18.0 Å². The second kappa shape index (κ2) is 12.0. The molecule has 8 nitrogen and oxygen atoms in total. The van der Waals surface area contributed by atoms with Gasteiger partial charge in [-0.25, -0.2) is 13.2 Å². The fraction of sp³-hybridized carbons (Fsp3) is 0.667. The van der Waals surface area contributed by atoms with Crippen LogP contribution in [-0.2, 0) is 19.5 Å². The SMILES string of the molecule is COC[C@H]1CCC[C@@H](COC(=O)N(C)CCCN(C)C)N1S(=O)(=O)c1ccc(Cl)cc1. The van der Waals surface area contributed by atoms with Crippen LogP contribution >= 0.6 is 11.6 Å². The number of nitrogens with zero attached hydrogens (tertiary/aromatic N) is 3. The Morgan fingerprint density at radius 1 is 1.10 bits per heavy atom. The number of carbonyl (C=O) groups excluding carboxylic acids is 1. The van der Waals surface area contributed by atoms with Crippen LogP contribution in [0.25, 0.3) is 0 Å². The van der Waals surface area contributed by atoms with E-state index in [1.54, 1.807) is 26.3 Å². The fourth-order valence-electron chi connectivity index (χ4n) is 3.76. The van der Waals surface area contributed by atoms with Crippen molar-refractivity contribution >= 4 is 27.7 Å². The third-order valence-electron chi connectivity index (χ3n) is 5.35. The Morgan fingerprint density at radius 3 is 2.29 bits per heavy atom. The van der Waals surface area contributed by atoms with E-state index >= 15 is 0 Å². The van der Waals surface area contributed by atoms with Crippen LogP contribution in [0.3, 0.4) is 0 Å². The van der Waals surface area contributed by atoms with Crippen LogP contribution in [0.4, 0.5) is 4.79 Å². The average Bonchev–Trinajstić information content (AvgIpc) is 2.72. The molecule has 0 N–H and O–H groups in total. The van der Waals surface area contributed by atoms with Gasteiger partial charge in [-0.2, -0.15) is 4.31 Å². The molecule has 0 saturated carbocycles. The summed E-state index contributed by atoms with van der Waals surface area (Å²) in [5.74, 6) is 0. The number of hydrogen-bond donors (Lipinski definition) is 0. The van der Waals surface area contributed by atoms with Crippen LogP contribution in [0.1, 0.15) is 25.7 Å². The maximum atomic E-state index is 13.4. The van der Waals surface area contributed by atoms with Gasteiger partial charge in [0, 0.05) is 31.8 Å².